The van der Waals surface area contributed by atoms with E-state index in [0.29, 0.717) is 15.9 Å². The molecule has 0 aliphatic rings. The molecule has 1 N–H and O–H groups in total. The smallest absolute Gasteiger partial charge is 0.263 e. The zero-order valence-corrected chi connectivity index (χ0v) is 16.4. The molecule has 0 radical (unpaired) electrons. The predicted molar refractivity (Wildman–Crippen MR) is 112 cm³/mol. The number of amides is 1. The van der Waals surface area contributed by atoms with Crippen molar-refractivity contribution in [3.05, 3.63) is 75.4 Å². The van der Waals surface area contributed by atoms with Crippen LogP contribution < -0.4 is 10.9 Å². The summed E-state index contributed by atoms with van der Waals surface area (Å²) in [6.07, 6.45) is 2.92. The fraction of sp³-hybridized carbons (Fsp3) is 0.100. The Morgan fingerprint density at radius 2 is 2.00 bits per heavy atom. The highest BCUT2D eigenvalue weighted by atomic mass is 35.5. The number of halogens is 1. The lowest BCUT2D eigenvalue weighted by Crippen LogP contribution is -2.27. The Kier molecular flexibility index (Phi) is 4.93. The quantitative estimate of drug-likeness (QED) is 0.513. The number of aryl methyl sites for hydroxylation is 1. The molecule has 0 atom stereocenters. The number of hydrogen-bond donors (Lipinski definition) is 1. The number of carbonyl (C=O) groups is 1. The molecule has 0 bridgehead atoms. The number of rotatable bonds is 4. The van der Waals surface area contributed by atoms with E-state index in [1.165, 1.54) is 28.4 Å². The summed E-state index contributed by atoms with van der Waals surface area (Å²) in [6, 6.07) is 11.3. The highest BCUT2D eigenvalue weighted by Gasteiger charge is 2.15. The minimum absolute atomic E-state index is 0.170. The molecule has 1 amide bonds. The first-order chi connectivity index (χ1) is 13.5. The molecule has 0 unspecified atom stereocenters. The van der Waals surface area contributed by atoms with Crippen molar-refractivity contribution < 1.29 is 4.79 Å². The van der Waals surface area contributed by atoms with Gasteiger partial charge < -0.3 is 5.32 Å². The highest BCUT2D eigenvalue weighted by molar-refractivity contribution is 7.17. The van der Waals surface area contributed by atoms with E-state index in [4.69, 9.17) is 11.6 Å². The van der Waals surface area contributed by atoms with Crippen molar-refractivity contribution in [1.82, 2.24) is 14.5 Å². The molecule has 8 heteroatoms. The summed E-state index contributed by atoms with van der Waals surface area (Å²) in [5, 5.41) is 5.29. The van der Waals surface area contributed by atoms with Gasteiger partial charge in [-0.25, -0.2) is 9.97 Å². The molecule has 4 rings (SSSR count). The van der Waals surface area contributed by atoms with Crippen LogP contribution in [0.4, 0.5) is 5.69 Å². The molecule has 28 heavy (non-hydrogen) atoms. The van der Waals surface area contributed by atoms with Crippen molar-refractivity contribution in [2.45, 2.75) is 13.5 Å². The third-order valence-electron chi connectivity index (χ3n) is 4.27. The molecule has 0 aliphatic heterocycles. The maximum atomic E-state index is 13.0. The van der Waals surface area contributed by atoms with Gasteiger partial charge in [0.2, 0.25) is 5.91 Å². The number of hydrogen-bond acceptors (Lipinski definition) is 5. The van der Waals surface area contributed by atoms with Crippen LogP contribution in [-0.2, 0) is 11.3 Å². The normalized spacial score (nSPS) is 10.9. The third-order valence-corrected chi connectivity index (χ3v) is 5.46. The van der Waals surface area contributed by atoms with Crippen molar-refractivity contribution in [2.24, 2.45) is 0 Å². The summed E-state index contributed by atoms with van der Waals surface area (Å²) < 4.78 is 1.30. The zero-order chi connectivity index (χ0) is 19.7. The summed E-state index contributed by atoms with van der Waals surface area (Å²) in [7, 11) is 0. The summed E-state index contributed by atoms with van der Waals surface area (Å²) in [4.78, 5) is 34.3. The Labute approximate surface area is 169 Å². The van der Waals surface area contributed by atoms with E-state index in [0.717, 1.165) is 16.7 Å². The second-order valence-corrected chi connectivity index (χ2v) is 7.48. The summed E-state index contributed by atoms with van der Waals surface area (Å²) in [5.41, 5.74) is 3.05. The number of carbonyl (C=O) groups excluding carboxylic acids is 1. The van der Waals surface area contributed by atoms with Gasteiger partial charge in [-0.2, -0.15) is 0 Å². The molecular formula is C20H15ClN4O2S. The molecule has 4 aromatic rings. The van der Waals surface area contributed by atoms with Crippen molar-refractivity contribution in [2.75, 3.05) is 5.32 Å². The number of nitrogens with zero attached hydrogens (tertiary/aromatic N) is 3. The van der Waals surface area contributed by atoms with Crippen LogP contribution in [0.15, 0.2) is 59.1 Å². The van der Waals surface area contributed by atoms with Gasteiger partial charge in [0.1, 0.15) is 11.4 Å². The van der Waals surface area contributed by atoms with E-state index in [1.54, 1.807) is 12.1 Å². The van der Waals surface area contributed by atoms with E-state index in [-0.39, 0.29) is 23.2 Å². The summed E-state index contributed by atoms with van der Waals surface area (Å²) in [6.45, 7) is 1.84. The molecule has 0 aliphatic carbocycles. The van der Waals surface area contributed by atoms with E-state index in [9.17, 15) is 9.59 Å². The maximum absolute atomic E-state index is 13.0. The average molecular weight is 411 g/mol. The van der Waals surface area contributed by atoms with Gasteiger partial charge in [-0.1, -0.05) is 41.4 Å². The average Bonchev–Trinajstić information content (AvgIpc) is 3.11. The zero-order valence-electron chi connectivity index (χ0n) is 14.8. The van der Waals surface area contributed by atoms with Crippen LogP contribution in [0.5, 0.6) is 0 Å². The molecule has 3 aromatic heterocycles. The molecule has 140 valence electrons. The van der Waals surface area contributed by atoms with Crippen molar-refractivity contribution in [3.8, 4) is 11.1 Å². The number of aromatic nitrogens is 3. The van der Waals surface area contributed by atoms with Gasteiger partial charge in [0.05, 0.1) is 17.4 Å². The van der Waals surface area contributed by atoms with Gasteiger partial charge in [-0.3, -0.25) is 14.2 Å². The van der Waals surface area contributed by atoms with Crippen LogP contribution in [0.2, 0.25) is 5.15 Å². The van der Waals surface area contributed by atoms with Gasteiger partial charge in [-0.15, -0.1) is 11.3 Å². The minimum Gasteiger partial charge on any atom is -0.322 e. The van der Waals surface area contributed by atoms with Gasteiger partial charge in [-0.05, 0) is 24.6 Å². The minimum atomic E-state index is -0.384. The second-order valence-electron chi connectivity index (χ2n) is 6.26. The van der Waals surface area contributed by atoms with Crippen molar-refractivity contribution >= 4 is 44.7 Å². The number of nitrogens with one attached hydrogen (secondary N) is 1. The monoisotopic (exact) mass is 410 g/mol. The Morgan fingerprint density at radius 3 is 2.75 bits per heavy atom. The molecule has 0 spiro atoms. The first kappa shape index (κ1) is 18.3. The molecule has 0 saturated carbocycles. The van der Waals surface area contributed by atoms with Crippen LogP contribution in [0.3, 0.4) is 0 Å². The second kappa shape index (κ2) is 7.53. The van der Waals surface area contributed by atoms with Crippen LogP contribution in [0.1, 0.15) is 5.56 Å². The third kappa shape index (κ3) is 3.54. The number of thiophene rings is 1. The fourth-order valence-corrected chi connectivity index (χ4v) is 3.92. The Bertz CT molecular complexity index is 1230. The van der Waals surface area contributed by atoms with Gasteiger partial charge in [0.25, 0.3) is 5.56 Å². The first-order valence-corrected chi connectivity index (χ1v) is 9.73. The molecular weight excluding hydrogens is 396 g/mol. The van der Waals surface area contributed by atoms with Crippen LogP contribution >= 0.6 is 22.9 Å². The van der Waals surface area contributed by atoms with Crippen LogP contribution in [0.25, 0.3) is 21.3 Å². The summed E-state index contributed by atoms with van der Waals surface area (Å²) >= 11 is 7.37. The summed E-state index contributed by atoms with van der Waals surface area (Å²) in [5.74, 6) is -0.384. The van der Waals surface area contributed by atoms with Crippen LogP contribution in [-0.4, -0.2) is 20.4 Å². The van der Waals surface area contributed by atoms with Crippen molar-refractivity contribution in [1.29, 1.82) is 0 Å². The Hall–Kier alpha value is -3.03. The number of pyridine rings is 1. The van der Waals surface area contributed by atoms with E-state index < -0.39 is 0 Å². The SMILES string of the molecule is Cc1ccc(-c2csc3ncn(CC(=O)Nc4cccnc4Cl)c(=O)c23)cc1. The lowest BCUT2D eigenvalue weighted by atomic mass is 10.1. The number of benzene rings is 1. The molecule has 3 heterocycles. The maximum Gasteiger partial charge on any atom is 0.263 e. The van der Waals surface area contributed by atoms with E-state index >= 15 is 0 Å². The fourth-order valence-electron chi connectivity index (χ4n) is 2.85. The lowest BCUT2D eigenvalue weighted by molar-refractivity contribution is -0.116. The van der Waals surface area contributed by atoms with Gasteiger partial charge in [0.15, 0.2) is 5.15 Å². The molecule has 1 aromatic carbocycles. The van der Waals surface area contributed by atoms with Crippen molar-refractivity contribution in [3.63, 3.8) is 0 Å². The highest BCUT2D eigenvalue weighted by Crippen LogP contribution is 2.30. The molecule has 6 nitrogen and oxygen atoms in total. The lowest BCUT2D eigenvalue weighted by Gasteiger charge is -2.08. The molecule has 0 fully saturated rings. The number of anilines is 1. The Morgan fingerprint density at radius 1 is 1.21 bits per heavy atom. The Balaban J connectivity index is 1.67. The van der Waals surface area contributed by atoms with Gasteiger partial charge in [0, 0.05) is 17.1 Å². The van der Waals surface area contributed by atoms with E-state index in [1.807, 2.05) is 36.6 Å². The molecule has 0 saturated heterocycles. The first-order valence-electron chi connectivity index (χ1n) is 8.47. The largest absolute Gasteiger partial charge is 0.322 e. The topological polar surface area (TPSA) is 76.9 Å². The predicted octanol–water partition coefficient (Wildman–Crippen LogP) is 4.12. The van der Waals surface area contributed by atoms with E-state index in [2.05, 4.69) is 15.3 Å². The standard InChI is InChI=1S/C20H15ClN4O2S/c1-12-4-6-13(7-5-12)14-10-28-19-17(14)20(27)25(11-23-19)9-16(26)24-15-3-2-8-22-18(15)21/h2-8,10-11H,9H2,1H3,(H,24,26). The van der Waals surface area contributed by atoms with Crippen LogP contribution in [0, 0.1) is 6.92 Å². The van der Waals surface area contributed by atoms with Gasteiger partial charge >= 0.3 is 0 Å². The number of fused-ring (bicyclic) bond motifs is 1.